The summed E-state index contributed by atoms with van der Waals surface area (Å²) in [6, 6.07) is 0.693. The van der Waals surface area contributed by atoms with Gasteiger partial charge in [-0.2, -0.15) is 0 Å². The number of nitrogens with one attached hydrogen (secondary N) is 1. The summed E-state index contributed by atoms with van der Waals surface area (Å²) in [6.07, 6.45) is 4.70. The van der Waals surface area contributed by atoms with E-state index in [1.165, 1.54) is 25.8 Å². The number of rotatable bonds is 3. The minimum Gasteiger partial charge on any atom is -0.388 e. The fourth-order valence-corrected chi connectivity index (χ4v) is 1.75. The van der Waals surface area contributed by atoms with E-state index in [4.69, 9.17) is 11.1 Å². The van der Waals surface area contributed by atoms with Crippen molar-refractivity contribution in [2.75, 3.05) is 13.1 Å². The molecule has 1 rings (SSSR count). The van der Waals surface area contributed by atoms with Gasteiger partial charge in [-0.1, -0.05) is 6.42 Å². The summed E-state index contributed by atoms with van der Waals surface area (Å²) in [5.41, 5.74) is 5.31. The van der Waals surface area contributed by atoms with E-state index in [9.17, 15) is 0 Å². The first kappa shape index (κ1) is 12.7. The Hall–Kier alpha value is -0.280. The number of hydrogen-bond acceptors (Lipinski definition) is 2. The zero-order valence-corrected chi connectivity index (χ0v) is 9.07. The van der Waals surface area contributed by atoms with Gasteiger partial charge in [-0.3, -0.25) is 5.41 Å². The number of likely N-dealkylation sites (tertiary alicyclic amines) is 1. The van der Waals surface area contributed by atoms with Crippen molar-refractivity contribution in [3.8, 4) is 0 Å². The van der Waals surface area contributed by atoms with Crippen LogP contribution in [0.1, 0.15) is 32.6 Å². The Bertz CT molecular complexity index is 161. The minimum absolute atomic E-state index is 0. The lowest BCUT2D eigenvalue weighted by atomic mass is 10.0. The molecular formula is C9H20ClN3. The largest absolute Gasteiger partial charge is 0.388 e. The maximum atomic E-state index is 7.13. The van der Waals surface area contributed by atoms with Gasteiger partial charge in [0.25, 0.3) is 0 Å². The van der Waals surface area contributed by atoms with E-state index in [-0.39, 0.29) is 12.4 Å². The van der Waals surface area contributed by atoms with Gasteiger partial charge in [0.15, 0.2) is 0 Å². The molecule has 1 fully saturated rings. The zero-order chi connectivity index (χ0) is 8.97. The minimum atomic E-state index is 0. The second-order valence-corrected chi connectivity index (χ2v) is 3.66. The molecule has 78 valence electrons. The molecule has 1 atom stereocenters. The van der Waals surface area contributed by atoms with Crippen molar-refractivity contribution >= 4 is 18.2 Å². The van der Waals surface area contributed by atoms with Crippen LogP contribution in [0.2, 0.25) is 0 Å². The maximum absolute atomic E-state index is 7.13. The molecule has 4 heteroatoms. The summed E-state index contributed by atoms with van der Waals surface area (Å²) in [5, 5.41) is 7.13. The number of amidine groups is 1. The van der Waals surface area contributed by atoms with E-state index in [1.807, 2.05) is 0 Å². The van der Waals surface area contributed by atoms with E-state index in [2.05, 4.69) is 11.8 Å². The summed E-state index contributed by atoms with van der Waals surface area (Å²) in [5.74, 6) is 0.313. The Balaban J connectivity index is 0.00000144. The summed E-state index contributed by atoms with van der Waals surface area (Å²) >= 11 is 0. The standard InChI is InChI=1S/C9H19N3.ClH/c1-8-4-2-3-6-12(8)7-5-9(10)11;/h8H,2-7H2,1H3,(H3,10,11);1H. The first-order valence-corrected chi connectivity index (χ1v) is 4.77. The predicted octanol–water partition coefficient (Wildman–Crippen LogP) is 1.61. The van der Waals surface area contributed by atoms with Gasteiger partial charge >= 0.3 is 0 Å². The first-order valence-electron chi connectivity index (χ1n) is 4.77. The van der Waals surface area contributed by atoms with Crippen molar-refractivity contribution in [1.82, 2.24) is 4.90 Å². The predicted molar refractivity (Wildman–Crippen MR) is 58.7 cm³/mol. The van der Waals surface area contributed by atoms with E-state index >= 15 is 0 Å². The quantitative estimate of drug-likeness (QED) is 0.544. The number of halogens is 1. The number of piperidine rings is 1. The smallest absolute Gasteiger partial charge is 0.0918 e. The number of nitrogens with two attached hydrogens (primary N) is 1. The lowest BCUT2D eigenvalue weighted by molar-refractivity contribution is 0.165. The molecule has 1 aliphatic rings. The molecule has 0 saturated carbocycles. The van der Waals surface area contributed by atoms with Crippen LogP contribution >= 0.6 is 12.4 Å². The van der Waals surface area contributed by atoms with Gasteiger partial charge in [0.2, 0.25) is 0 Å². The monoisotopic (exact) mass is 205 g/mol. The molecule has 1 saturated heterocycles. The SMILES string of the molecule is CC1CCCCN1CCC(=N)N.Cl. The van der Waals surface area contributed by atoms with Crippen molar-refractivity contribution in [3.63, 3.8) is 0 Å². The lowest BCUT2D eigenvalue weighted by Crippen LogP contribution is -2.39. The molecule has 3 N–H and O–H groups in total. The normalized spacial score (nSPS) is 23.6. The Kier molecular flexibility index (Phi) is 6.08. The van der Waals surface area contributed by atoms with Crippen LogP contribution in [0.15, 0.2) is 0 Å². The first-order chi connectivity index (χ1) is 5.70. The molecular weight excluding hydrogens is 186 g/mol. The molecule has 0 aromatic rings. The third-order valence-electron chi connectivity index (χ3n) is 2.61. The Morgan fingerprint density at radius 1 is 1.54 bits per heavy atom. The van der Waals surface area contributed by atoms with Crippen molar-refractivity contribution < 1.29 is 0 Å². The molecule has 0 aromatic heterocycles. The van der Waals surface area contributed by atoms with Crippen molar-refractivity contribution in [1.29, 1.82) is 5.41 Å². The van der Waals surface area contributed by atoms with Crippen molar-refractivity contribution in [2.24, 2.45) is 5.73 Å². The van der Waals surface area contributed by atoms with E-state index in [0.29, 0.717) is 11.9 Å². The lowest BCUT2D eigenvalue weighted by Gasteiger charge is -2.33. The Morgan fingerprint density at radius 2 is 2.23 bits per heavy atom. The van der Waals surface area contributed by atoms with Gasteiger partial charge in [-0.25, -0.2) is 0 Å². The molecule has 0 amide bonds. The Morgan fingerprint density at radius 3 is 2.77 bits per heavy atom. The van der Waals surface area contributed by atoms with Gasteiger partial charge in [0.05, 0.1) is 5.84 Å². The van der Waals surface area contributed by atoms with Gasteiger partial charge in [-0.05, 0) is 26.3 Å². The molecule has 1 aliphatic heterocycles. The summed E-state index contributed by atoms with van der Waals surface area (Å²) in [4.78, 5) is 2.44. The topological polar surface area (TPSA) is 53.1 Å². The van der Waals surface area contributed by atoms with Gasteiger partial charge in [-0.15, -0.1) is 12.4 Å². The molecule has 0 aliphatic carbocycles. The third kappa shape index (κ3) is 4.48. The maximum Gasteiger partial charge on any atom is 0.0918 e. The van der Waals surface area contributed by atoms with Crippen LogP contribution in [-0.4, -0.2) is 29.9 Å². The summed E-state index contributed by atoms with van der Waals surface area (Å²) < 4.78 is 0. The summed E-state index contributed by atoms with van der Waals surface area (Å²) in [7, 11) is 0. The molecule has 13 heavy (non-hydrogen) atoms. The van der Waals surface area contributed by atoms with Crippen LogP contribution in [0.25, 0.3) is 0 Å². The second kappa shape index (κ2) is 6.22. The van der Waals surface area contributed by atoms with E-state index in [0.717, 1.165) is 13.0 Å². The molecule has 1 unspecified atom stereocenters. The van der Waals surface area contributed by atoms with E-state index < -0.39 is 0 Å². The van der Waals surface area contributed by atoms with Crippen LogP contribution in [0.3, 0.4) is 0 Å². The molecule has 0 radical (unpaired) electrons. The molecule has 1 heterocycles. The molecule has 3 nitrogen and oxygen atoms in total. The highest BCUT2D eigenvalue weighted by Gasteiger charge is 2.17. The van der Waals surface area contributed by atoms with Crippen LogP contribution in [0, 0.1) is 5.41 Å². The highest BCUT2D eigenvalue weighted by atomic mass is 35.5. The van der Waals surface area contributed by atoms with Gasteiger partial charge < -0.3 is 10.6 Å². The van der Waals surface area contributed by atoms with Crippen LogP contribution in [-0.2, 0) is 0 Å². The second-order valence-electron chi connectivity index (χ2n) is 3.66. The highest BCUT2D eigenvalue weighted by molar-refractivity contribution is 5.85. The van der Waals surface area contributed by atoms with E-state index in [1.54, 1.807) is 0 Å². The van der Waals surface area contributed by atoms with Crippen LogP contribution in [0.5, 0.6) is 0 Å². The van der Waals surface area contributed by atoms with Crippen LogP contribution in [0.4, 0.5) is 0 Å². The average Bonchev–Trinajstić information content (AvgIpc) is 2.03. The summed E-state index contributed by atoms with van der Waals surface area (Å²) in [6.45, 7) is 4.42. The van der Waals surface area contributed by atoms with Crippen LogP contribution < -0.4 is 5.73 Å². The number of nitrogens with zero attached hydrogens (tertiary/aromatic N) is 1. The highest BCUT2D eigenvalue weighted by Crippen LogP contribution is 2.15. The fraction of sp³-hybridized carbons (Fsp3) is 0.889. The Labute approximate surface area is 86.6 Å². The molecule has 0 aromatic carbocycles. The fourth-order valence-electron chi connectivity index (χ4n) is 1.75. The van der Waals surface area contributed by atoms with Crippen molar-refractivity contribution in [2.45, 2.75) is 38.6 Å². The zero-order valence-electron chi connectivity index (χ0n) is 8.25. The van der Waals surface area contributed by atoms with Crippen molar-refractivity contribution in [3.05, 3.63) is 0 Å². The molecule has 0 spiro atoms. The third-order valence-corrected chi connectivity index (χ3v) is 2.61. The number of hydrogen-bond donors (Lipinski definition) is 2. The van der Waals surface area contributed by atoms with Gasteiger partial charge in [0.1, 0.15) is 0 Å². The average molecular weight is 206 g/mol. The molecule has 0 bridgehead atoms. The van der Waals surface area contributed by atoms with Gasteiger partial charge in [0, 0.05) is 19.0 Å².